The van der Waals surface area contributed by atoms with E-state index in [1.807, 2.05) is 0 Å². The summed E-state index contributed by atoms with van der Waals surface area (Å²) >= 11 is 8.46. The minimum Gasteiger partial charge on any atom is -0.236 e. The van der Waals surface area contributed by atoms with E-state index in [9.17, 15) is 0 Å². The zero-order valence-corrected chi connectivity index (χ0v) is 14.0. The highest BCUT2D eigenvalue weighted by molar-refractivity contribution is 14.1. The lowest BCUT2D eigenvalue weighted by Crippen LogP contribution is -2.16. The molecule has 1 heterocycles. The van der Waals surface area contributed by atoms with Gasteiger partial charge in [0, 0.05) is 5.92 Å². The maximum Gasteiger partial charge on any atom is 0.146 e. The average molecular weight is 379 g/mol. The van der Waals surface area contributed by atoms with E-state index in [0.29, 0.717) is 11.1 Å². The van der Waals surface area contributed by atoms with Crippen LogP contribution in [0.25, 0.3) is 0 Å². The Hall–Kier alpha value is 0.100. The Kier molecular flexibility index (Phi) is 5.24. The zero-order chi connectivity index (χ0) is 13.1. The molecule has 0 unspecified atom stereocenters. The lowest BCUT2D eigenvalue weighted by atomic mass is 9.80. The normalized spacial score (nSPS) is 24.2. The third-order valence-corrected chi connectivity index (χ3v) is 5.75. The van der Waals surface area contributed by atoms with Crippen molar-refractivity contribution in [1.82, 2.24) is 9.97 Å². The summed E-state index contributed by atoms with van der Waals surface area (Å²) < 4.78 is 1.02. The predicted octanol–water partition coefficient (Wildman–Crippen LogP) is 4.98. The lowest BCUT2D eigenvalue weighted by molar-refractivity contribution is 0.312. The van der Waals surface area contributed by atoms with Crippen molar-refractivity contribution in [2.24, 2.45) is 5.92 Å². The van der Waals surface area contributed by atoms with Crippen LogP contribution in [0.5, 0.6) is 0 Å². The molecule has 0 bridgehead atoms. The topological polar surface area (TPSA) is 25.8 Å². The molecule has 0 atom stereocenters. The molecule has 1 saturated carbocycles. The molecule has 0 aromatic carbocycles. The highest BCUT2D eigenvalue weighted by Crippen LogP contribution is 2.36. The molecule has 0 amide bonds. The van der Waals surface area contributed by atoms with Gasteiger partial charge in [-0.2, -0.15) is 0 Å². The number of rotatable bonds is 3. The second kappa shape index (κ2) is 6.51. The first-order valence-corrected chi connectivity index (χ1v) is 8.33. The van der Waals surface area contributed by atoms with Crippen molar-refractivity contribution in [2.45, 2.75) is 58.3 Å². The maximum absolute atomic E-state index is 6.21. The maximum atomic E-state index is 6.21. The smallest absolute Gasteiger partial charge is 0.146 e. The number of halogens is 2. The third-order valence-electron chi connectivity index (χ3n) is 4.02. The Bertz CT molecular complexity index is 415. The molecule has 1 aromatic heterocycles. The van der Waals surface area contributed by atoms with Crippen LogP contribution in [0, 0.1) is 9.49 Å². The molecule has 0 aliphatic heterocycles. The summed E-state index contributed by atoms with van der Waals surface area (Å²) in [7, 11) is 0. The predicted molar refractivity (Wildman–Crippen MR) is 84.1 cm³/mol. The van der Waals surface area contributed by atoms with E-state index < -0.39 is 0 Å². The van der Waals surface area contributed by atoms with Crippen molar-refractivity contribution in [3.63, 3.8) is 0 Å². The summed E-state index contributed by atoms with van der Waals surface area (Å²) in [5.41, 5.74) is 1.10. The molecule has 1 fully saturated rings. The fourth-order valence-corrected chi connectivity index (χ4v) is 3.55. The molecule has 0 spiro atoms. The Morgan fingerprint density at radius 1 is 1.17 bits per heavy atom. The number of aromatic nitrogens is 2. The fraction of sp³-hybridized carbons (Fsp3) is 0.714. The van der Waals surface area contributed by atoms with Crippen LogP contribution in [-0.4, -0.2) is 9.97 Å². The molecule has 0 saturated heterocycles. The molecule has 1 aromatic rings. The van der Waals surface area contributed by atoms with E-state index in [1.165, 1.54) is 32.1 Å². The molecule has 0 N–H and O–H groups in total. The van der Waals surface area contributed by atoms with Crippen LogP contribution in [0.3, 0.4) is 0 Å². The number of aryl methyl sites for hydroxylation is 1. The molecular weight excluding hydrogens is 359 g/mol. The Labute approximate surface area is 128 Å². The van der Waals surface area contributed by atoms with Gasteiger partial charge in [0.1, 0.15) is 11.0 Å². The largest absolute Gasteiger partial charge is 0.236 e. The molecule has 100 valence electrons. The van der Waals surface area contributed by atoms with Gasteiger partial charge in [-0.1, -0.05) is 31.9 Å². The van der Waals surface area contributed by atoms with Gasteiger partial charge >= 0.3 is 0 Å². The van der Waals surface area contributed by atoms with Crippen LogP contribution in [0.1, 0.15) is 63.4 Å². The average Bonchev–Trinajstić information content (AvgIpc) is 2.42. The van der Waals surface area contributed by atoms with Crippen molar-refractivity contribution < 1.29 is 0 Å². The standard InChI is InChI=1S/C14H20ClIN2/c1-3-9-5-7-10(8-6-9)14-17-11(4-2)12(16)13(15)18-14/h9-10H,3-8H2,1-2H3. The van der Waals surface area contributed by atoms with Gasteiger partial charge in [0.05, 0.1) is 9.26 Å². The Morgan fingerprint density at radius 2 is 1.83 bits per heavy atom. The number of nitrogens with zero attached hydrogens (tertiary/aromatic N) is 2. The Balaban J connectivity index is 2.17. The summed E-state index contributed by atoms with van der Waals surface area (Å²) in [4.78, 5) is 9.23. The molecule has 4 heteroatoms. The van der Waals surface area contributed by atoms with Crippen molar-refractivity contribution in [3.8, 4) is 0 Å². The Morgan fingerprint density at radius 3 is 2.39 bits per heavy atom. The summed E-state index contributed by atoms with van der Waals surface area (Å²) in [5.74, 6) is 2.41. The van der Waals surface area contributed by atoms with Gasteiger partial charge in [0.25, 0.3) is 0 Å². The van der Waals surface area contributed by atoms with Gasteiger partial charge in [0.2, 0.25) is 0 Å². The lowest BCUT2D eigenvalue weighted by Gasteiger charge is -2.27. The minimum absolute atomic E-state index is 0.521. The van der Waals surface area contributed by atoms with E-state index in [-0.39, 0.29) is 0 Å². The van der Waals surface area contributed by atoms with Crippen LogP contribution in [-0.2, 0) is 6.42 Å². The van der Waals surface area contributed by atoms with Gasteiger partial charge in [-0.25, -0.2) is 9.97 Å². The molecule has 0 radical (unpaired) electrons. The minimum atomic E-state index is 0.521. The van der Waals surface area contributed by atoms with Crippen molar-refractivity contribution in [3.05, 3.63) is 20.2 Å². The van der Waals surface area contributed by atoms with Crippen LogP contribution in [0.2, 0.25) is 5.15 Å². The van der Waals surface area contributed by atoms with Gasteiger partial charge in [-0.3, -0.25) is 0 Å². The number of hydrogen-bond acceptors (Lipinski definition) is 2. The molecule has 2 nitrogen and oxygen atoms in total. The molecule has 2 rings (SSSR count). The van der Waals surface area contributed by atoms with Gasteiger partial charge < -0.3 is 0 Å². The van der Waals surface area contributed by atoms with Gasteiger partial charge in [-0.05, 0) is 60.6 Å². The van der Waals surface area contributed by atoms with E-state index in [2.05, 4.69) is 41.4 Å². The van der Waals surface area contributed by atoms with E-state index in [1.54, 1.807) is 0 Å². The zero-order valence-electron chi connectivity index (χ0n) is 11.0. The quantitative estimate of drug-likeness (QED) is 0.547. The van der Waals surface area contributed by atoms with Crippen molar-refractivity contribution in [2.75, 3.05) is 0 Å². The molecular formula is C14H20ClIN2. The highest BCUT2D eigenvalue weighted by atomic mass is 127. The second-order valence-corrected chi connectivity index (χ2v) is 6.55. The van der Waals surface area contributed by atoms with Crippen LogP contribution >= 0.6 is 34.2 Å². The molecule has 1 aliphatic rings. The monoisotopic (exact) mass is 378 g/mol. The first kappa shape index (κ1) is 14.5. The number of hydrogen-bond donors (Lipinski definition) is 0. The summed E-state index contributed by atoms with van der Waals surface area (Å²) in [6.07, 6.45) is 7.31. The highest BCUT2D eigenvalue weighted by Gasteiger charge is 2.24. The molecule has 1 aliphatic carbocycles. The van der Waals surface area contributed by atoms with Gasteiger partial charge in [-0.15, -0.1) is 0 Å². The second-order valence-electron chi connectivity index (χ2n) is 5.11. The van der Waals surface area contributed by atoms with Crippen LogP contribution in [0.15, 0.2) is 0 Å². The van der Waals surface area contributed by atoms with E-state index in [0.717, 1.165) is 27.4 Å². The van der Waals surface area contributed by atoms with Crippen LogP contribution in [0.4, 0.5) is 0 Å². The summed E-state index contributed by atoms with van der Waals surface area (Å²) in [5, 5.41) is 0.634. The third kappa shape index (κ3) is 3.16. The van der Waals surface area contributed by atoms with Crippen LogP contribution < -0.4 is 0 Å². The molecule has 18 heavy (non-hydrogen) atoms. The summed E-state index contributed by atoms with van der Waals surface area (Å²) in [6.45, 7) is 4.41. The van der Waals surface area contributed by atoms with E-state index >= 15 is 0 Å². The first-order chi connectivity index (χ1) is 8.65. The van der Waals surface area contributed by atoms with Crippen molar-refractivity contribution in [1.29, 1.82) is 0 Å². The summed E-state index contributed by atoms with van der Waals surface area (Å²) in [6, 6.07) is 0. The first-order valence-electron chi connectivity index (χ1n) is 6.87. The fourth-order valence-electron chi connectivity index (χ4n) is 2.73. The van der Waals surface area contributed by atoms with Crippen molar-refractivity contribution >= 4 is 34.2 Å². The SMILES string of the molecule is CCc1nc(C2CCC(CC)CC2)nc(Cl)c1I. The van der Waals surface area contributed by atoms with Gasteiger partial charge in [0.15, 0.2) is 0 Å². The van der Waals surface area contributed by atoms with E-state index in [4.69, 9.17) is 16.6 Å².